The number of amides is 1. The Balaban J connectivity index is 2.31. The zero-order valence-electron chi connectivity index (χ0n) is 11.5. The lowest BCUT2D eigenvalue weighted by Crippen LogP contribution is -2.31. The largest absolute Gasteiger partial charge is 0.392 e. The Labute approximate surface area is 118 Å². The molecule has 0 radical (unpaired) electrons. The van der Waals surface area contributed by atoms with Crippen LogP contribution >= 0.6 is 0 Å². The monoisotopic (exact) mass is 298 g/mol. The van der Waals surface area contributed by atoms with Crippen molar-refractivity contribution in [2.45, 2.75) is 31.3 Å². The number of nitrogens with one attached hydrogen (secondary N) is 1. The molecule has 1 heterocycles. The molecule has 0 bridgehead atoms. The van der Waals surface area contributed by atoms with Gasteiger partial charge in [0.2, 0.25) is 15.9 Å². The lowest BCUT2D eigenvalue weighted by atomic mass is 10.2. The molecule has 20 heavy (non-hydrogen) atoms. The zero-order chi connectivity index (χ0) is 14.9. The van der Waals surface area contributed by atoms with Crippen LogP contribution in [0.3, 0.4) is 0 Å². The molecule has 1 aliphatic rings. The van der Waals surface area contributed by atoms with Crippen LogP contribution in [0.5, 0.6) is 0 Å². The van der Waals surface area contributed by atoms with Crippen molar-refractivity contribution in [2.24, 2.45) is 0 Å². The van der Waals surface area contributed by atoms with Crippen LogP contribution < -0.4 is 9.62 Å². The predicted molar refractivity (Wildman–Crippen MR) is 75.0 cm³/mol. The van der Waals surface area contributed by atoms with Crippen molar-refractivity contribution in [3.63, 3.8) is 0 Å². The number of aliphatic hydroxyl groups excluding tert-OH is 1. The average molecular weight is 298 g/mol. The molecule has 0 saturated carbocycles. The lowest BCUT2D eigenvalue weighted by Gasteiger charge is -2.16. The normalized spacial score (nSPS) is 16.1. The third-order valence-corrected chi connectivity index (χ3v) is 4.63. The number of sulfonamides is 1. The molecule has 7 heteroatoms. The number of carbonyl (C=O) groups is 1. The van der Waals surface area contributed by atoms with Crippen LogP contribution in [-0.4, -0.2) is 38.6 Å². The molecule has 1 atom stereocenters. The summed E-state index contributed by atoms with van der Waals surface area (Å²) in [6.07, 6.45) is -0.0241. The molecule has 0 saturated heterocycles. The lowest BCUT2D eigenvalue weighted by molar-refractivity contribution is -0.116. The fourth-order valence-electron chi connectivity index (χ4n) is 2.17. The highest BCUT2D eigenvalue weighted by atomic mass is 32.2. The fourth-order valence-corrected chi connectivity index (χ4v) is 3.31. The van der Waals surface area contributed by atoms with Gasteiger partial charge in [0.25, 0.3) is 0 Å². The maximum absolute atomic E-state index is 12.1. The molecular formula is C13H18N2O4S. The number of rotatable bonds is 4. The summed E-state index contributed by atoms with van der Waals surface area (Å²) < 4.78 is 26.5. The molecule has 1 unspecified atom stereocenters. The molecule has 1 amide bonds. The summed E-state index contributed by atoms with van der Waals surface area (Å²) >= 11 is 0. The van der Waals surface area contributed by atoms with Crippen LogP contribution in [0.2, 0.25) is 0 Å². The van der Waals surface area contributed by atoms with Crippen molar-refractivity contribution < 1.29 is 18.3 Å². The molecule has 1 aromatic carbocycles. The van der Waals surface area contributed by atoms with Gasteiger partial charge in [0, 0.05) is 25.7 Å². The van der Waals surface area contributed by atoms with Gasteiger partial charge in [-0.25, -0.2) is 13.1 Å². The minimum Gasteiger partial charge on any atom is -0.392 e. The SMILES string of the molecule is CC(=O)N1CCc2ccc(S(=O)(=O)NCC(C)O)cc21. The van der Waals surface area contributed by atoms with Gasteiger partial charge in [0.15, 0.2) is 0 Å². The van der Waals surface area contributed by atoms with Gasteiger partial charge in [0.05, 0.1) is 11.0 Å². The van der Waals surface area contributed by atoms with E-state index in [0.717, 1.165) is 12.0 Å². The van der Waals surface area contributed by atoms with Crippen LogP contribution in [0.4, 0.5) is 5.69 Å². The van der Waals surface area contributed by atoms with E-state index in [4.69, 9.17) is 5.11 Å². The van der Waals surface area contributed by atoms with E-state index in [9.17, 15) is 13.2 Å². The zero-order valence-corrected chi connectivity index (χ0v) is 12.3. The van der Waals surface area contributed by atoms with Crippen LogP contribution in [-0.2, 0) is 21.2 Å². The first kappa shape index (κ1) is 15.0. The fraction of sp³-hybridized carbons (Fsp3) is 0.462. The number of benzene rings is 1. The Morgan fingerprint density at radius 3 is 2.80 bits per heavy atom. The van der Waals surface area contributed by atoms with E-state index < -0.39 is 16.1 Å². The first-order valence-electron chi connectivity index (χ1n) is 6.40. The van der Waals surface area contributed by atoms with Crippen molar-refractivity contribution in [1.82, 2.24) is 4.72 Å². The highest BCUT2D eigenvalue weighted by molar-refractivity contribution is 7.89. The summed E-state index contributed by atoms with van der Waals surface area (Å²) in [7, 11) is -3.67. The standard InChI is InChI=1S/C13H18N2O4S/c1-9(16)8-14-20(18,19)12-4-3-11-5-6-15(10(2)17)13(11)7-12/h3-4,7,9,14,16H,5-6,8H2,1-2H3. The number of aliphatic hydroxyl groups is 1. The van der Waals surface area contributed by atoms with Gasteiger partial charge in [-0.3, -0.25) is 4.79 Å². The van der Waals surface area contributed by atoms with Gasteiger partial charge in [-0.1, -0.05) is 6.07 Å². The molecule has 1 aliphatic heterocycles. The summed E-state index contributed by atoms with van der Waals surface area (Å²) in [6, 6.07) is 4.76. The van der Waals surface area contributed by atoms with Gasteiger partial charge in [-0.2, -0.15) is 0 Å². The topological polar surface area (TPSA) is 86.7 Å². The van der Waals surface area contributed by atoms with Crippen LogP contribution in [0.25, 0.3) is 0 Å². The molecule has 2 N–H and O–H groups in total. The molecule has 0 fully saturated rings. The minimum atomic E-state index is -3.67. The summed E-state index contributed by atoms with van der Waals surface area (Å²) in [5.74, 6) is -0.102. The van der Waals surface area contributed by atoms with Gasteiger partial charge in [-0.15, -0.1) is 0 Å². The Morgan fingerprint density at radius 1 is 1.50 bits per heavy atom. The Morgan fingerprint density at radius 2 is 2.20 bits per heavy atom. The van der Waals surface area contributed by atoms with Crippen LogP contribution in [0.15, 0.2) is 23.1 Å². The maximum atomic E-state index is 12.1. The van der Waals surface area contributed by atoms with Crippen molar-refractivity contribution in [1.29, 1.82) is 0 Å². The second kappa shape index (κ2) is 5.51. The summed E-state index contributed by atoms with van der Waals surface area (Å²) in [4.78, 5) is 13.2. The molecule has 110 valence electrons. The Hall–Kier alpha value is -1.44. The number of carbonyl (C=O) groups excluding carboxylic acids is 1. The highest BCUT2D eigenvalue weighted by Gasteiger charge is 2.25. The molecule has 0 spiro atoms. The molecule has 0 aliphatic carbocycles. The van der Waals surface area contributed by atoms with Crippen LogP contribution in [0, 0.1) is 0 Å². The number of fused-ring (bicyclic) bond motifs is 1. The number of nitrogens with zero attached hydrogens (tertiary/aromatic N) is 1. The molecule has 0 aromatic heterocycles. The van der Waals surface area contributed by atoms with Crippen molar-refractivity contribution in [3.05, 3.63) is 23.8 Å². The second-order valence-electron chi connectivity index (χ2n) is 4.91. The van der Waals surface area contributed by atoms with Gasteiger partial charge in [0.1, 0.15) is 0 Å². The molecule has 2 rings (SSSR count). The van der Waals surface area contributed by atoms with E-state index in [1.54, 1.807) is 11.0 Å². The first-order valence-corrected chi connectivity index (χ1v) is 7.88. The number of anilines is 1. The average Bonchev–Trinajstić information content (AvgIpc) is 2.79. The van der Waals surface area contributed by atoms with E-state index in [1.165, 1.54) is 26.0 Å². The quantitative estimate of drug-likeness (QED) is 0.834. The summed E-state index contributed by atoms with van der Waals surface area (Å²) in [5.41, 5.74) is 1.62. The van der Waals surface area contributed by atoms with Crippen molar-refractivity contribution in [3.8, 4) is 0 Å². The van der Waals surface area contributed by atoms with Crippen molar-refractivity contribution in [2.75, 3.05) is 18.0 Å². The van der Waals surface area contributed by atoms with Crippen LogP contribution in [0.1, 0.15) is 19.4 Å². The maximum Gasteiger partial charge on any atom is 0.240 e. The minimum absolute atomic E-state index is 0.0458. The summed E-state index contributed by atoms with van der Waals surface area (Å²) in [5, 5.41) is 9.15. The van der Waals surface area contributed by atoms with E-state index >= 15 is 0 Å². The van der Waals surface area contributed by atoms with E-state index in [0.29, 0.717) is 12.2 Å². The second-order valence-corrected chi connectivity index (χ2v) is 6.68. The summed E-state index contributed by atoms with van der Waals surface area (Å²) in [6.45, 7) is 3.50. The van der Waals surface area contributed by atoms with Gasteiger partial charge in [-0.05, 0) is 31.0 Å². The predicted octanol–water partition coefficient (Wildman–Crippen LogP) is 0.255. The highest BCUT2D eigenvalue weighted by Crippen LogP contribution is 2.30. The Bertz CT molecular complexity index is 625. The van der Waals surface area contributed by atoms with E-state index in [2.05, 4.69) is 4.72 Å². The smallest absolute Gasteiger partial charge is 0.240 e. The molecular weight excluding hydrogens is 280 g/mol. The van der Waals surface area contributed by atoms with E-state index in [1.807, 2.05) is 0 Å². The van der Waals surface area contributed by atoms with Gasteiger partial charge >= 0.3 is 0 Å². The first-order chi connectivity index (χ1) is 9.31. The van der Waals surface area contributed by atoms with E-state index in [-0.39, 0.29) is 17.3 Å². The molecule has 6 nitrogen and oxygen atoms in total. The number of hydrogen-bond donors (Lipinski definition) is 2. The third kappa shape index (κ3) is 3.00. The third-order valence-electron chi connectivity index (χ3n) is 3.21. The van der Waals surface area contributed by atoms with Crippen molar-refractivity contribution >= 4 is 21.6 Å². The molecule has 1 aromatic rings. The van der Waals surface area contributed by atoms with Gasteiger partial charge < -0.3 is 10.0 Å². The Kier molecular flexibility index (Phi) is 4.12. The number of hydrogen-bond acceptors (Lipinski definition) is 4.